The predicted molar refractivity (Wildman–Crippen MR) is 81.1 cm³/mol. The van der Waals surface area contributed by atoms with E-state index in [4.69, 9.17) is 4.42 Å². The number of nitrogens with zero attached hydrogens (tertiary/aromatic N) is 2. The number of rotatable bonds is 7. The number of nitrogens with one attached hydrogen (secondary N) is 1. The van der Waals surface area contributed by atoms with E-state index in [0.29, 0.717) is 12.2 Å². The molecule has 0 unspecified atom stereocenters. The van der Waals surface area contributed by atoms with E-state index in [1.165, 1.54) is 0 Å². The summed E-state index contributed by atoms with van der Waals surface area (Å²) in [5.74, 6) is 0.910. The van der Waals surface area contributed by atoms with Crippen LogP contribution in [0.15, 0.2) is 41.0 Å². The van der Waals surface area contributed by atoms with Gasteiger partial charge in [-0.15, -0.1) is 0 Å². The van der Waals surface area contributed by atoms with Gasteiger partial charge in [0.2, 0.25) is 0 Å². The van der Waals surface area contributed by atoms with Crippen LogP contribution >= 0.6 is 0 Å². The van der Waals surface area contributed by atoms with Gasteiger partial charge in [-0.1, -0.05) is 13.0 Å². The molecule has 0 aliphatic heterocycles. The molecule has 0 radical (unpaired) electrons. The highest BCUT2D eigenvalue weighted by molar-refractivity contribution is 5.62. The Labute approximate surface area is 123 Å². The van der Waals surface area contributed by atoms with Gasteiger partial charge in [0.25, 0.3) is 5.69 Å². The molecule has 112 valence electrons. The first-order valence-electron chi connectivity index (χ1n) is 6.83. The van der Waals surface area contributed by atoms with Crippen LogP contribution in [0.25, 0.3) is 0 Å². The van der Waals surface area contributed by atoms with Gasteiger partial charge in [-0.25, -0.2) is 0 Å². The average molecular weight is 289 g/mol. The van der Waals surface area contributed by atoms with Gasteiger partial charge in [0, 0.05) is 19.7 Å². The molecule has 2 rings (SSSR count). The Morgan fingerprint density at radius 2 is 2.14 bits per heavy atom. The van der Waals surface area contributed by atoms with Crippen molar-refractivity contribution in [2.75, 3.05) is 18.9 Å². The summed E-state index contributed by atoms with van der Waals surface area (Å²) < 4.78 is 5.36. The highest BCUT2D eigenvalue weighted by atomic mass is 16.6. The molecule has 2 aromatic rings. The second kappa shape index (κ2) is 6.90. The number of hydrogen-bond donors (Lipinski definition) is 1. The maximum atomic E-state index is 10.9. The number of nitro benzene ring substituents is 1. The molecule has 6 nitrogen and oxygen atoms in total. The van der Waals surface area contributed by atoms with Crippen LogP contribution in [0.4, 0.5) is 11.4 Å². The van der Waals surface area contributed by atoms with E-state index in [-0.39, 0.29) is 10.6 Å². The molecule has 1 aromatic heterocycles. The van der Waals surface area contributed by atoms with E-state index in [1.54, 1.807) is 25.4 Å². The minimum Gasteiger partial charge on any atom is -0.468 e. The van der Waals surface area contributed by atoms with Crippen LogP contribution in [0.5, 0.6) is 0 Å². The molecule has 0 spiro atoms. The second-order valence-corrected chi connectivity index (χ2v) is 4.74. The molecule has 1 aromatic carbocycles. The fourth-order valence-corrected chi connectivity index (χ4v) is 2.20. The van der Waals surface area contributed by atoms with Gasteiger partial charge < -0.3 is 9.73 Å². The molecular formula is C15H19N3O3. The second-order valence-electron chi connectivity index (χ2n) is 4.74. The Kier molecular flexibility index (Phi) is 4.94. The van der Waals surface area contributed by atoms with Gasteiger partial charge in [-0.2, -0.15) is 0 Å². The number of nitro groups is 1. The molecule has 0 atom stereocenters. The molecule has 0 saturated heterocycles. The summed E-state index contributed by atoms with van der Waals surface area (Å²) in [6, 6.07) is 8.97. The van der Waals surface area contributed by atoms with E-state index in [0.717, 1.165) is 24.4 Å². The fraction of sp³-hybridized carbons (Fsp3) is 0.333. The highest BCUT2D eigenvalue weighted by Crippen LogP contribution is 2.25. The Balaban J connectivity index is 2.12. The Morgan fingerprint density at radius 1 is 1.33 bits per heavy atom. The van der Waals surface area contributed by atoms with Crippen molar-refractivity contribution in [3.63, 3.8) is 0 Å². The number of furan rings is 1. The van der Waals surface area contributed by atoms with Crippen molar-refractivity contribution in [3.05, 3.63) is 58.0 Å². The largest absolute Gasteiger partial charge is 0.468 e. The smallest absolute Gasteiger partial charge is 0.292 e. The molecule has 21 heavy (non-hydrogen) atoms. The summed E-state index contributed by atoms with van der Waals surface area (Å²) >= 11 is 0. The average Bonchev–Trinajstić information content (AvgIpc) is 2.99. The summed E-state index contributed by atoms with van der Waals surface area (Å²) in [6.45, 7) is 4.37. The normalized spacial score (nSPS) is 10.8. The molecule has 0 saturated carbocycles. The first-order valence-corrected chi connectivity index (χ1v) is 6.83. The third-order valence-corrected chi connectivity index (χ3v) is 3.34. The quantitative estimate of drug-likeness (QED) is 0.625. The van der Waals surface area contributed by atoms with Crippen LogP contribution in [0.1, 0.15) is 18.2 Å². The minimum atomic E-state index is -0.379. The van der Waals surface area contributed by atoms with Crippen molar-refractivity contribution in [1.29, 1.82) is 0 Å². The molecule has 0 aliphatic carbocycles. The molecular weight excluding hydrogens is 270 g/mol. The van der Waals surface area contributed by atoms with Crippen LogP contribution in [0.2, 0.25) is 0 Å². The van der Waals surface area contributed by atoms with Crippen LogP contribution in [0, 0.1) is 10.1 Å². The molecule has 0 fully saturated rings. The maximum Gasteiger partial charge on any atom is 0.292 e. The van der Waals surface area contributed by atoms with Crippen LogP contribution < -0.4 is 5.32 Å². The monoisotopic (exact) mass is 289 g/mol. The van der Waals surface area contributed by atoms with Gasteiger partial charge in [-0.05, 0) is 30.3 Å². The first kappa shape index (κ1) is 15.1. The van der Waals surface area contributed by atoms with Gasteiger partial charge in [-0.3, -0.25) is 15.0 Å². The molecule has 1 N–H and O–H groups in total. The van der Waals surface area contributed by atoms with Crippen molar-refractivity contribution >= 4 is 11.4 Å². The zero-order valence-corrected chi connectivity index (χ0v) is 12.2. The first-order chi connectivity index (χ1) is 10.1. The van der Waals surface area contributed by atoms with Crippen molar-refractivity contribution in [3.8, 4) is 0 Å². The summed E-state index contributed by atoms with van der Waals surface area (Å²) in [5, 5.41) is 13.8. The summed E-state index contributed by atoms with van der Waals surface area (Å²) in [7, 11) is 1.69. The van der Waals surface area contributed by atoms with Crippen molar-refractivity contribution in [2.45, 2.75) is 20.0 Å². The fourth-order valence-electron chi connectivity index (χ4n) is 2.20. The van der Waals surface area contributed by atoms with E-state index in [2.05, 4.69) is 17.1 Å². The summed E-state index contributed by atoms with van der Waals surface area (Å²) in [6.07, 6.45) is 1.66. The van der Waals surface area contributed by atoms with E-state index in [9.17, 15) is 10.1 Å². The van der Waals surface area contributed by atoms with Crippen LogP contribution in [-0.4, -0.2) is 23.4 Å². The zero-order chi connectivity index (χ0) is 15.2. The lowest BCUT2D eigenvalue weighted by Crippen LogP contribution is -2.22. The van der Waals surface area contributed by atoms with Gasteiger partial charge >= 0.3 is 0 Å². The van der Waals surface area contributed by atoms with Crippen molar-refractivity contribution in [2.24, 2.45) is 0 Å². The van der Waals surface area contributed by atoms with Gasteiger partial charge in [0.05, 0.1) is 17.7 Å². The van der Waals surface area contributed by atoms with E-state index in [1.807, 2.05) is 18.2 Å². The van der Waals surface area contributed by atoms with E-state index >= 15 is 0 Å². The molecule has 0 aliphatic rings. The zero-order valence-electron chi connectivity index (χ0n) is 12.2. The molecule has 6 heteroatoms. The molecule has 0 bridgehead atoms. The maximum absolute atomic E-state index is 10.9. The number of anilines is 1. The standard InChI is InChI=1S/C15H19N3O3/c1-3-17(11-13-5-4-8-21-13)10-12-6-7-15(18(19)20)14(9-12)16-2/h4-9,16H,3,10-11H2,1-2H3. The number of benzene rings is 1. The van der Waals surface area contributed by atoms with E-state index < -0.39 is 0 Å². The van der Waals surface area contributed by atoms with Crippen LogP contribution in [0.3, 0.4) is 0 Å². The lowest BCUT2D eigenvalue weighted by Gasteiger charge is -2.19. The third kappa shape index (κ3) is 3.82. The third-order valence-electron chi connectivity index (χ3n) is 3.34. The molecule has 0 amide bonds. The Hall–Kier alpha value is -2.34. The van der Waals surface area contributed by atoms with Crippen LogP contribution in [-0.2, 0) is 13.1 Å². The summed E-state index contributed by atoms with van der Waals surface area (Å²) in [5.41, 5.74) is 1.65. The minimum absolute atomic E-state index is 0.0929. The number of hydrogen-bond acceptors (Lipinski definition) is 5. The van der Waals surface area contributed by atoms with Crippen molar-refractivity contribution in [1.82, 2.24) is 4.90 Å². The Bertz CT molecular complexity index is 596. The topological polar surface area (TPSA) is 71.5 Å². The van der Waals surface area contributed by atoms with Crippen molar-refractivity contribution < 1.29 is 9.34 Å². The summed E-state index contributed by atoms with van der Waals surface area (Å²) in [4.78, 5) is 12.8. The predicted octanol–water partition coefficient (Wildman–Crippen LogP) is 3.25. The van der Waals surface area contributed by atoms with Gasteiger partial charge in [0.15, 0.2) is 0 Å². The highest BCUT2D eigenvalue weighted by Gasteiger charge is 2.14. The van der Waals surface area contributed by atoms with Gasteiger partial charge in [0.1, 0.15) is 11.4 Å². The molecule has 1 heterocycles. The Morgan fingerprint density at radius 3 is 2.71 bits per heavy atom. The SMILES string of the molecule is CCN(Cc1ccc([N+](=O)[O-])c(NC)c1)Cc1ccco1. The lowest BCUT2D eigenvalue weighted by atomic mass is 10.1. The lowest BCUT2D eigenvalue weighted by molar-refractivity contribution is -0.384.